The smallest absolute Gasteiger partial charge is 0.126 e. The van der Waals surface area contributed by atoms with Crippen molar-refractivity contribution in [3.63, 3.8) is 0 Å². The number of aromatic nitrogens is 1. The number of hydrogen-bond donors (Lipinski definition) is 1. The quantitative estimate of drug-likeness (QED) is 0.313. The number of piperazine rings is 1. The maximum Gasteiger partial charge on any atom is 0.126 e. The van der Waals surface area contributed by atoms with Crippen LogP contribution in [0.15, 0.2) is 109 Å². The summed E-state index contributed by atoms with van der Waals surface area (Å²) in [5.74, 6) is 0.773. The molecule has 1 atom stereocenters. The van der Waals surface area contributed by atoms with Gasteiger partial charge in [0.2, 0.25) is 0 Å². The van der Waals surface area contributed by atoms with E-state index in [0.29, 0.717) is 6.54 Å². The molecule has 0 bridgehead atoms. The Bertz CT molecular complexity index is 1230. The summed E-state index contributed by atoms with van der Waals surface area (Å²) in [6.07, 6.45) is 7.07. The summed E-state index contributed by atoms with van der Waals surface area (Å²) in [6, 6.07) is 33.6. The van der Waals surface area contributed by atoms with Crippen LogP contribution in [0.3, 0.4) is 0 Å². The highest BCUT2D eigenvalue weighted by Crippen LogP contribution is 2.29. The molecule has 1 N–H and O–H groups in total. The van der Waals surface area contributed by atoms with Crippen LogP contribution in [0, 0.1) is 0 Å². The Balaban J connectivity index is 1.15. The normalized spacial score (nSPS) is 15.6. The number of benzene rings is 3. The van der Waals surface area contributed by atoms with E-state index in [1.54, 1.807) is 12.4 Å². The molecule has 1 fully saturated rings. The van der Waals surface area contributed by atoms with Crippen LogP contribution in [-0.2, 0) is 0 Å². The molecule has 0 spiro atoms. The second-order valence-electron chi connectivity index (χ2n) is 9.68. The van der Waals surface area contributed by atoms with E-state index in [2.05, 4.69) is 75.4 Å². The number of rotatable bonds is 10. The Hall–Kier alpha value is -3.77. The number of pyridine rings is 1. The highest BCUT2D eigenvalue weighted by Gasteiger charge is 2.27. The monoisotopic (exact) mass is 505 g/mol. The lowest BCUT2D eigenvalue weighted by Crippen LogP contribution is -2.50. The molecule has 3 aromatic carbocycles. The van der Waals surface area contributed by atoms with Gasteiger partial charge in [0, 0.05) is 50.7 Å². The van der Waals surface area contributed by atoms with Crippen LogP contribution in [-0.4, -0.2) is 65.3 Å². The highest BCUT2D eigenvalue weighted by molar-refractivity contribution is 5.72. The average molecular weight is 506 g/mol. The number of para-hydroxylation sites is 1. The number of aliphatic hydroxyl groups is 1. The van der Waals surface area contributed by atoms with Crippen LogP contribution in [0.2, 0.25) is 0 Å². The minimum Gasteiger partial charge on any atom is -0.490 e. The van der Waals surface area contributed by atoms with Gasteiger partial charge in [-0.05, 0) is 34.9 Å². The zero-order valence-electron chi connectivity index (χ0n) is 21.6. The zero-order chi connectivity index (χ0) is 26.0. The van der Waals surface area contributed by atoms with Crippen LogP contribution >= 0.6 is 0 Å². The minimum absolute atomic E-state index is 0.240. The first-order valence-electron chi connectivity index (χ1n) is 13.3. The third-order valence-electron chi connectivity index (χ3n) is 6.98. The Morgan fingerprint density at radius 2 is 1.34 bits per heavy atom. The van der Waals surface area contributed by atoms with Crippen molar-refractivity contribution in [3.05, 3.63) is 132 Å². The SMILES string of the molecule is OC(COc1ccccc1C=Cc1ccncc1)CN1CCN(C(c2ccccc2)c2ccccc2)CC1. The Morgan fingerprint density at radius 3 is 2.00 bits per heavy atom. The standard InChI is InChI=1S/C33H35N3O2/c37-31(26-38-32-14-8-7-9-28(32)16-15-27-17-19-34-20-18-27)25-35-21-23-36(24-22-35)33(29-10-3-1-4-11-29)30-12-5-2-6-13-30/h1-20,31,33,37H,21-26H2. The molecule has 0 radical (unpaired) electrons. The fraction of sp³-hybridized carbons (Fsp3) is 0.242. The molecule has 0 amide bonds. The van der Waals surface area contributed by atoms with Crippen LogP contribution < -0.4 is 4.74 Å². The van der Waals surface area contributed by atoms with Gasteiger partial charge in [0.25, 0.3) is 0 Å². The number of β-amino-alcohol motifs (C(OH)–C–C–N with tert-alkyl or cyclic N) is 1. The number of aliphatic hydroxyl groups excluding tert-OH is 1. The van der Waals surface area contributed by atoms with Gasteiger partial charge in [-0.25, -0.2) is 0 Å². The third-order valence-corrected chi connectivity index (χ3v) is 6.98. The molecule has 1 aliphatic rings. The topological polar surface area (TPSA) is 48.8 Å². The van der Waals surface area contributed by atoms with E-state index in [9.17, 15) is 5.11 Å². The van der Waals surface area contributed by atoms with Gasteiger partial charge in [-0.3, -0.25) is 14.8 Å². The summed E-state index contributed by atoms with van der Waals surface area (Å²) in [4.78, 5) is 8.95. The van der Waals surface area contributed by atoms with Crippen LogP contribution in [0.4, 0.5) is 0 Å². The molecule has 4 aromatic rings. The fourth-order valence-electron chi connectivity index (χ4n) is 5.04. The molecule has 1 saturated heterocycles. The predicted molar refractivity (Wildman–Crippen MR) is 154 cm³/mol. The molecule has 1 aromatic heterocycles. The maximum absolute atomic E-state index is 10.8. The molecule has 5 rings (SSSR count). The highest BCUT2D eigenvalue weighted by atomic mass is 16.5. The summed E-state index contributed by atoms with van der Waals surface area (Å²) in [7, 11) is 0. The molecule has 194 valence electrons. The zero-order valence-corrected chi connectivity index (χ0v) is 21.6. The van der Waals surface area contributed by atoms with Crippen molar-refractivity contribution in [3.8, 4) is 5.75 Å². The summed E-state index contributed by atoms with van der Waals surface area (Å²) in [5, 5.41) is 10.8. The molecule has 2 heterocycles. The van der Waals surface area contributed by atoms with Gasteiger partial charge in [-0.2, -0.15) is 0 Å². The average Bonchev–Trinajstić information content (AvgIpc) is 2.98. The van der Waals surface area contributed by atoms with E-state index in [4.69, 9.17) is 4.74 Å². The van der Waals surface area contributed by atoms with Crippen molar-refractivity contribution in [2.24, 2.45) is 0 Å². The van der Waals surface area contributed by atoms with Crippen LogP contribution in [0.5, 0.6) is 5.75 Å². The molecule has 0 aliphatic carbocycles. The summed E-state index contributed by atoms with van der Waals surface area (Å²) in [5.41, 5.74) is 4.70. The van der Waals surface area contributed by atoms with Gasteiger partial charge >= 0.3 is 0 Å². The first kappa shape index (κ1) is 25.9. The lowest BCUT2D eigenvalue weighted by atomic mass is 9.96. The van der Waals surface area contributed by atoms with Gasteiger partial charge in [0.1, 0.15) is 18.5 Å². The van der Waals surface area contributed by atoms with E-state index in [1.807, 2.05) is 48.6 Å². The lowest BCUT2D eigenvalue weighted by Gasteiger charge is -2.40. The van der Waals surface area contributed by atoms with E-state index < -0.39 is 6.10 Å². The number of hydrogen-bond acceptors (Lipinski definition) is 5. The first-order chi connectivity index (χ1) is 18.8. The molecule has 1 unspecified atom stereocenters. The van der Waals surface area contributed by atoms with E-state index in [0.717, 1.165) is 43.1 Å². The lowest BCUT2D eigenvalue weighted by molar-refractivity contribution is 0.0400. The first-order valence-corrected chi connectivity index (χ1v) is 13.3. The van der Waals surface area contributed by atoms with Gasteiger partial charge in [0.05, 0.1) is 6.04 Å². The Morgan fingerprint density at radius 1 is 0.737 bits per heavy atom. The summed E-state index contributed by atoms with van der Waals surface area (Å²) < 4.78 is 6.05. The molecule has 0 saturated carbocycles. The second-order valence-corrected chi connectivity index (χ2v) is 9.68. The number of ether oxygens (including phenoxy) is 1. The van der Waals surface area contributed by atoms with Crippen LogP contribution in [0.25, 0.3) is 12.2 Å². The van der Waals surface area contributed by atoms with Crippen molar-refractivity contribution in [2.75, 3.05) is 39.3 Å². The summed E-state index contributed by atoms with van der Waals surface area (Å²) in [6.45, 7) is 4.59. The Labute approximate surface area is 225 Å². The van der Waals surface area contributed by atoms with Crippen molar-refractivity contribution >= 4 is 12.2 Å². The molecular weight excluding hydrogens is 470 g/mol. The largest absolute Gasteiger partial charge is 0.490 e. The third kappa shape index (κ3) is 6.95. The maximum atomic E-state index is 10.8. The van der Waals surface area contributed by atoms with E-state index >= 15 is 0 Å². The molecule has 38 heavy (non-hydrogen) atoms. The Kier molecular flexibility index (Phi) is 8.95. The van der Waals surface area contributed by atoms with Gasteiger partial charge in [-0.15, -0.1) is 0 Å². The van der Waals surface area contributed by atoms with Gasteiger partial charge in [-0.1, -0.05) is 91.0 Å². The van der Waals surface area contributed by atoms with Crippen molar-refractivity contribution < 1.29 is 9.84 Å². The van der Waals surface area contributed by atoms with E-state index in [1.165, 1.54) is 11.1 Å². The van der Waals surface area contributed by atoms with Crippen LogP contribution in [0.1, 0.15) is 28.3 Å². The molecule has 5 nitrogen and oxygen atoms in total. The van der Waals surface area contributed by atoms with Crippen molar-refractivity contribution in [1.29, 1.82) is 0 Å². The number of nitrogens with zero attached hydrogens (tertiary/aromatic N) is 3. The molecule has 1 aliphatic heterocycles. The van der Waals surface area contributed by atoms with Gasteiger partial charge < -0.3 is 9.84 Å². The molecule has 5 heteroatoms. The second kappa shape index (κ2) is 13.2. The van der Waals surface area contributed by atoms with Crippen molar-refractivity contribution in [2.45, 2.75) is 12.1 Å². The minimum atomic E-state index is -0.558. The fourth-order valence-corrected chi connectivity index (χ4v) is 5.04. The van der Waals surface area contributed by atoms with Crippen molar-refractivity contribution in [1.82, 2.24) is 14.8 Å². The predicted octanol–water partition coefficient (Wildman–Crippen LogP) is 5.40. The molecular formula is C33H35N3O2. The van der Waals surface area contributed by atoms with E-state index in [-0.39, 0.29) is 12.6 Å². The summed E-state index contributed by atoms with van der Waals surface area (Å²) >= 11 is 0. The van der Waals surface area contributed by atoms with Gasteiger partial charge in [0.15, 0.2) is 0 Å².